The summed E-state index contributed by atoms with van der Waals surface area (Å²) in [6.07, 6.45) is 5.30. The Morgan fingerprint density at radius 1 is 1.14 bits per heavy atom. The Bertz CT molecular complexity index is 1230. The van der Waals surface area contributed by atoms with Crippen molar-refractivity contribution in [2.75, 3.05) is 56.5 Å². The molecule has 2 N–H and O–H groups in total. The molecule has 2 fully saturated rings. The number of rotatable bonds is 8. The lowest BCUT2D eigenvalue weighted by atomic mass is 9.96. The molecule has 10 nitrogen and oxygen atoms in total. The van der Waals surface area contributed by atoms with Gasteiger partial charge in [0.05, 0.1) is 11.9 Å². The quantitative estimate of drug-likeness (QED) is 0.468. The third kappa shape index (κ3) is 5.19. The Hall–Kier alpha value is -3.34. The Morgan fingerprint density at radius 3 is 2.66 bits per heavy atom. The van der Waals surface area contributed by atoms with E-state index in [0.717, 1.165) is 62.6 Å². The van der Waals surface area contributed by atoms with Gasteiger partial charge in [0.2, 0.25) is 5.95 Å². The molecule has 5 heterocycles. The first-order chi connectivity index (χ1) is 17.0. The van der Waals surface area contributed by atoms with E-state index in [1.165, 1.54) is 6.08 Å². The number of likely N-dealkylation sites (N-methyl/N-ethyl adjacent to an activating group) is 1. The van der Waals surface area contributed by atoms with Crippen LogP contribution in [-0.4, -0.2) is 87.0 Å². The Morgan fingerprint density at radius 2 is 1.94 bits per heavy atom. The number of hydrogen-bond donors (Lipinski definition) is 2. The van der Waals surface area contributed by atoms with Gasteiger partial charge in [0.25, 0.3) is 5.56 Å². The van der Waals surface area contributed by atoms with Gasteiger partial charge in [0.15, 0.2) is 0 Å². The third-order valence-electron chi connectivity index (χ3n) is 6.89. The minimum Gasteiger partial charge on any atom is -0.375 e. The summed E-state index contributed by atoms with van der Waals surface area (Å²) in [6, 6.07) is 7.31. The van der Waals surface area contributed by atoms with Crippen LogP contribution >= 0.6 is 0 Å². The molecular weight excluding hydrogens is 444 g/mol. The number of anilines is 3. The van der Waals surface area contributed by atoms with E-state index in [2.05, 4.69) is 43.7 Å². The normalized spacial score (nSPS) is 18.4. The predicted molar refractivity (Wildman–Crippen MR) is 137 cm³/mol. The fraction of sp³-hybridized carbons (Fsp3) is 0.440. The number of aliphatic hydroxyl groups excluding tert-OH is 1. The molecule has 1 atom stereocenters. The molecule has 5 rings (SSSR count). The monoisotopic (exact) mass is 476 g/mol. The van der Waals surface area contributed by atoms with E-state index in [4.69, 9.17) is 0 Å². The third-order valence-corrected chi connectivity index (χ3v) is 6.89. The molecule has 0 radical (unpaired) electrons. The van der Waals surface area contributed by atoms with E-state index < -0.39 is 6.23 Å². The molecule has 0 spiro atoms. The van der Waals surface area contributed by atoms with Crippen LogP contribution in [0.15, 0.2) is 54.1 Å². The second-order valence-electron chi connectivity index (χ2n) is 9.37. The Labute approximate surface area is 204 Å². The van der Waals surface area contributed by atoms with Crippen LogP contribution in [0.3, 0.4) is 0 Å². The van der Waals surface area contributed by atoms with E-state index in [9.17, 15) is 9.90 Å². The maximum Gasteiger partial charge on any atom is 0.252 e. The first-order valence-corrected chi connectivity index (χ1v) is 12.1. The molecule has 0 saturated carbocycles. The lowest BCUT2D eigenvalue weighted by Gasteiger charge is -2.41. The van der Waals surface area contributed by atoms with Crippen molar-refractivity contribution in [3.05, 3.63) is 59.7 Å². The van der Waals surface area contributed by atoms with Crippen molar-refractivity contribution in [1.82, 2.24) is 29.3 Å². The average Bonchev–Trinajstić information content (AvgIpc) is 2.85. The SMILES string of the molecule is C=CC(O)N1CC(CCn2c(=O)ccc3cnc(Nc4ccc(N5CCN(C)CC5)nc4)nc32)C1. The van der Waals surface area contributed by atoms with Crippen LogP contribution in [0.5, 0.6) is 0 Å². The molecule has 35 heavy (non-hydrogen) atoms. The molecule has 0 amide bonds. The molecule has 2 aliphatic rings. The number of pyridine rings is 2. The standard InChI is InChI=1S/C25H32N8O2/c1-3-22(34)32-16-18(17-32)8-9-33-23(35)7-4-19-14-27-25(29-24(19)33)28-20-5-6-21(26-15-20)31-12-10-30(2)11-13-31/h3-7,14-15,18,22,34H,1,8-13,16-17H2,2H3,(H,27,28,29). The highest BCUT2D eigenvalue weighted by molar-refractivity contribution is 5.75. The van der Waals surface area contributed by atoms with Crippen molar-refractivity contribution in [2.24, 2.45) is 5.92 Å². The first-order valence-electron chi connectivity index (χ1n) is 12.1. The second-order valence-corrected chi connectivity index (χ2v) is 9.37. The maximum atomic E-state index is 12.6. The topological polar surface area (TPSA) is 103 Å². The van der Waals surface area contributed by atoms with Gasteiger partial charge in [-0.3, -0.25) is 14.3 Å². The Kier molecular flexibility index (Phi) is 6.76. The van der Waals surface area contributed by atoms with Gasteiger partial charge >= 0.3 is 0 Å². The number of aromatic nitrogens is 4. The van der Waals surface area contributed by atoms with Crippen molar-refractivity contribution >= 4 is 28.5 Å². The number of hydrogen-bond acceptors (Lipinski definition) is 9. The van der Waals surface area contributed by atoms with E-state index in [1.54, 1.807) is 29.1 Å². The molecule has 184 valence electrons. The second kappa shape index (κ2) is 10.1. The zero-order valence-corrected chi connectivity index (χ0v) is 20.0. The summed E-state index contributed by atoms with van der Waals surface area (Å²) in [5.74, 6) is 1.82. The molecule has 3 aromatic heterocycles. The zero-order chi connectivity index (χ0) is 24.4. The highest BCUT2D eigenvalue weighted by Gasteiger charge is 2.29. The lowest BCUT2D eigenvalue weighted by Crippen LogP contribution is -2.51. The minimum atomic E-state index is -0.599. The summed E-state index contributed by atoms with van der Waals surface area (Å²) in [6.45, 7) is 9.79. The summed E-state index contributed by atoms with van der Waals surface area (Å²) >= 11 is 0. The van der Waals surface area contributed by atoms with Crippen LogP contribution in [0.25, 0.3) is 11.0 Å². The number of piperazine rings is 1. The van der Waals surface area contributed by atoms with Crippen molar-refractivity contribution < 1.29 is 5.11 Å². The number of likely N-dealkylation sites (tertiary alicyclic amines) is 1. The lowest BCUT2D eigenvalue weighted by molar-refractivity contribution is -0.0387. The van der Waals surface area contributed by atoms with Crippen molar-refractivity contribution in [3.63, 3.8) is 0 Å². The summed E-state index contributed by atoms with van der Waals surface area (Å²) < 4.78 is 1.71. The Balaban J connectivity index is 1.27. The minimum absolute atomic E-state index is 0.0809. The molecular formula is C25H32N8O2. The fourth-order valence-corrected chi connectivity index (χ4v) is 4.63. The zero-order valence-electron chi connectivity index (χ0n) is 20.0. The fourth-order valence-electron chi connectivity index (χ4n) is 4.63. The van der Waals surface area contributed by atoms with Gasteiger partial charge in [-0.15, -0.1) is 0 Å². The van der Waals surface area contributed by atoms with Crippen LogP contribution in [0.1, 0.15) is 6.42 Å². The van der Waals surface area contributed by atoms with Crippen molar-refractivity contribution in [3.8, 4) is 0 Å². The smallest absolute Gasteiger partial charge is 0.252 e. The van der Waals surface area contributed by atoms with Crippen LogP contribution < -0.4 is 15.8 Å². The van der Waals surface area contributed by atoms with Gasteiger partial charge in [-0.2, -0.15) is 4.98 Å². The van der Waals surface area contributed by atoms with Gasteiger partial charge in [-0.25, -0.2) is 9.97 Å². The van der Waals surface area contributed by atoms with E-state index in [-0.39, 0.29) is 5.56 Å². The number of fused-ring (bicyclic) bond motifs is 1. The molecule has 2 saturated heterocycles. The molecule has 2 aliphatic heterocycles. The number of nitrogens with one attached hydrogen (secondary N) is 1. The predicted octanol–water partition coefficient (Wildman–Crippen LogP) is 1.51. The van der Waals surface area contributed by atoms with E-state index in [1.807, 2.05) is 17.0 Å². The number of aliphatic hydroxyl groups is 1. The highest BCUT2D eigenvalue weighted by Crippen LogP contribution is 2.23. The molecule has 1 unspecified atom stereocenters. The van der Waals surface area contributed by atoms with Crippen molar-refractivity contribution in [2.45, 2.75) is 19.2 Å². The van der Waals surface area contributed by atoms with Crippen LogP contribution in [0.2, 0.25) is 0 Å². The van der Waals surface area contributed by atoms with Gasteiger partial charge in [-0.1, -0.05) is 6.58 Å². The molecule has 0 aromatic carbocycles. The van der Waals surface area contributed by atoms with Crippen molar-refractivity contribution in [1.29, 1.82) is 0 Å². The van der Waals surface area contributed by atoms with Gasteiger partial charge in [-0.05, 0) is 43.7 Å². The van der Waals surface area contributed by atoms with E-state index in [0.29, 0.717) is 24.1 Å². The largest absolute Gasteiger partial charge is 0.375 e. The van der Waals surface area contributed by atoms with Gasteiger partial charge < -0.3 is 20.2 Å². The van der Waals surface area contributed by atoms with E-state index >= 15 is 0 Å². The number of nitrogens with zero attached hydrogens (tertiary/aromatic N) is 7. The van der Waals surface area contributed by atoms with Crippen LogP contribution in [0, 0.1) is 5.92 Å². The summed E-state index contributed by atoms with van der Waals surface area (Å²) in [5.41, 5.74) is 1.32. The molecule has 10 heteroatoms. The molecule has 0 aliphatic carbocycles. The van der Waals surface area contributed by atoms with Gasteiger partial charge in [0.1, 0.15) is 17.7 Å². The number of aryl methyl sites for hydroxylation is 1. The maximum absolute atomic E-state index is 12.6. The molecule has 0 bridgehead atoms. The molecule has 3 aromatic rings. The summed E-state index contributed by atoms with van der Waals surface area (Å²) in [7, 11) is 2.14. The first kappa shape index (κ1) is 23.4. The van der Waals surface area contributed by atoms with Crippen LogP contribution in [-0.2, 0) is 6.54 Å². The average molecular weight is 477 g/mol. The van der Waals surface area contributed by atoms with Crippen LogP contribution in [0.4, 0.5) is 17.5 Å². The summed E-state index contributed by atoms with van der Waals surface area (Å²) in [4.78, 5) is 32.9. The highest BCUT2D eigenvalue weighted by atomic mass is 16.3. The summed E-state index contributed by atoms with van der Waals surface area (Å²) in [5, 5.41) is 13.9. The van der Waals surface area contributed by atoms with Gasteiger partial charge in [0, 0.05) is 63.5 Å².